The van der Waals surface area contributed by atoms with Gasteiger partial charge in [0.1, 0.15) is 12.4 Å². The van der Waals surface area contributed by atoms with Gasteiger partial charge < -0.3 is 4.74 Å². The molecule has 0 aromatic heterocycles. The second-order valence-electron chi connectivity index (χ2n) is 5.83. The molecular formula is C21H21ClN2O2S. The Bertz CT molecular complexity index is 895. The molecule has 0 N–H and O–H groups in total. The van der Waals surface area contributed by atoms with Crippen LogP contribution in [0.2, 0.25) is 5.02 Å². The van der Waals surface area contributed by atoms with Crippen LogP contribution in [0.4, 0.5) is 0 Å². The van der Waals surface area contributed by atoms with E-state index in [0.29, 0.717) is 35.4 Å². The Balaban J connectivity index is 1.84. The Morgan fingerprint density at radius 2 is 1.89 bits per heavy atom. The van der Waals surface area contributed by atoms with E-state index in [4.69, 9.17) is 16.3 Å². The van der Waals surface area contributed by atoms with Crippen molar-refractivity contribution in [3.05, 3.63) is 69.6 Å². The summed E-state index contributed by atoms with van der Waals surface area (Å²) in [6.45, 7) is 5.53. The summed E-state index contributed by atoms with van der Waals surface area (Å²) < 4.78 is 5.98. The molecule has 4 nitrogen and oxygen atoms in total. The zero-order chi connectivity index (χ0) is 19.2. The van der Waals surface area contributed by atoms with Gasteiger partial charge in [-0.05, 0) is 43.8 Å². The Morgan fingerprint density at radius 1 is 1.15 bits per heavy atom. The number of amides is 1. The predicted molar refractivity (Wildman–Crippen MR) is 113 cm³/mol. The van der Waals surface area contributed by atoms with E-state index >= 15 is 0 Å². The van der Waals surface area contributed by atoms with Crippen molar-refractivity contribution in [2.45, 2.75) is 20.5 Å². The fourth-order valence-electron chi connectivity index (χ4n) is 2.68. The number of nitrogens with zero attached hydrogens (tertiary/aromatic N) is 2. The molecule has 0 saturated carbocycles. The first-order chi connectivity index (χ1) is 13.1. The number of halogens is 1. The van der Waals surface area contributed by atoms with Crippen LogP contribution in [-0.4, -0.2) is 29.1 Å². The maximum Gasteiger partial charge on any atom is 0.266 e. The number of amidine groups is 1. The van der Waals surface area contributed by atoms with Gasteiger partial charge in [-0.15, -0.1) is 0 Å². The quantitative estimate of drug-likeness (QED) is 0.623. The summed E-state index contributed by atoms with van der Waals surface area (Å²) in [5, 5.41) is 1.43. The fourth-order valence-corrected chi connectivity index (χ4v) is 3.97. The maximum absolute atomic E-state index is 12.7. The minimum Gasteiger partial charge on any atom is -0.488 e. The van der Waals surface area contributed by atoms with Crippen molar-refractivity contribution in [1.29, 1.82) is 0 Å². The van der Waals surface area contributed by atoms with Crippen LogP contribution in [0, 0.1) is 0 Å². The highest BCUT2D eigenvalue weighted by molar-refractivity contribution is 8.18. The molecule has 1 amide bonds. The molecule has 1 aliphatic heterocycles. The van der Waals surface area contributed by atoms with E-state index in [9.17, 15) is 4.79 Å². The van der Waals surface area contributed by atoms with Gasteiger partial charge in [0.25, 0.3) is 5.91 Å². The molecule has 6 heteroatoms. The van der Waals surface area contributed by atoms with Crippen LogP contribution < -0.4 is 4.74 Å². The number of likely N-dealkylation sites (N-methyl/N-ethyl adjacent to an activating group) is 1. The smallest absolute Gasteiger partial charge is 0.266 e. The lowest BCUT2D eigenvalue weighted by Crippen LogP contribution is -2.28. The van der Waals surface area contributed by atoms with Crippen LogP contribution in [0.3, 0.4) is 0 Å². The molecule has 1 saturated heterocycles. The van der Waals surface area contributed by atoms with E-state index in [2.05, 4.69) is 4.99 Å². The molecule has 0 atom stereocenters. The van der Waals surface area contributed by atoms with Gasteiger partial charge in [-0.25, -0.2) is 0 Å². The number of benzene rings is 2. The third kappa shape index (κ3) is 4.54. The van der Waals surface area contributed by atoms with Gasteiger partial charge in [-0.2, -0.15) is 0 Å². The summed E-state index contributed by atoms with van der Waals surface area (Å²) >= 11 is 7.61. The van der Waals surface area contributed by atoms with Crippen molar-refractivity contribution in [3.63, 3.8) is 0 Å². The molecule has 140 valence electrons. The van der Waals surface area contributed by atoms with E-state index in [1.807, 2.05) is 68.5 Å². The molecular weight excluding hydrogens is 380 g/mol. The van der Waals surface area contributed by atoms with Crippen LogP contribution in [0.1, 0.15) is 25.0 Å². The van der Waals surface area contributed by atoms with Gasteiger partial charge in [-0.1, -0.05) is 48.0 Å². The number of thioether (sulfide) groups is 1. The Morgan fingerprint density at radius 3 is 2.63 bits per heavy atom. The predicted octanol–water partition coefficient (Wildman–Crippen LogP) is 5.23. The highest BCUT2D eigenvalue weighted by atomic mass is 35.5. The number of para-hydroxylation sites is 1. The molecule has 0 radical (unpaired) electrons. The number of rotatable bonds is 6. The third-order valence-electron chi connectivity index (χ3n) is 4.04. The molecule has 2 aromatic carbocycles. The number of ether oxygens (including phenoxy) is 1. The van der Waals surface area contributed by atoms with Crippen molar-refractivity contribution >= 4 is 40.5 Å². The molecule has 1 aliphatic rings. The van der Waals surface area contributed by atoms with Crippen molar-refractivity contribution < 1.29 is 9.53 Å². The summed E-state index contributed by atoms with van der Waals surface area (Å²) in [4.78, 5) is 19.4. The zero-order valence-electron chi connectivity index (χ0n) is 15.3. The summed E-state index contributed by atoms with van der Waals surface area (Å²) in [6, 6.07) is 15.3. The lowest BCUT2D eigenvalue weighted by Gasteiger charge is -2.12. The van der Waals surface area contributed by atoms with Gasteiger partial charge in [0.15, 0.2) is 5.17 Å². The number of hydrogen-bond acceptors (Lipinski definition) is 4. The Kier molecular flexibility index (Phi) is 6.58. The van der Waals surface area contributed by atoms with Crippen molar-refractivity contribution in [2.24, 2.45) is 4.99 Å². The normalized spacial score (nSPS) is 17.1. The summed E-state index contributed by atoms with van der Waals surface area (Å²) in [7, 11) is 0. The summed E-state index contributed by atoms with van der Waals surface area (Å²) in [5.41, 5.74) is 1.77. The molecule has 1 heterocycles. The lowest BCUT2D eigenvalue weighted by molar-refractivity contribution is -0.122. The van der Waals surface area contributed by atoms with E-state index in [1.54, 1.807) is 4.90 Å². The van der Waals surface area contributed by atoms with Crippen LogP contribution in [0.15, 0.2) is 58.4 Å². The van der Waals surface area contributed by atoms with Gasteiger partial charge in [0, 0.05) is 29.2 Å². The van der Waals surface area contributed by atoms with Crippen LogP contribution in [0.5, 0.6) is 5.75 Å². The minimum atomic E-state index is -0.0180. The lowest BCUT2D eigenvalue weighted by atomic mass is 10.1. The number of hydrogen-bond donors (Lipinski definition) is 0. The largest absolute Gasteiger partial charge is 0.488 e. The highest BCUT2D eigenvalue weighted by Crippen LogP contribution is 2.34. The van der Waals surface area contributed by atoms with Crippen LogP contribution >= 0.6 is 23.4 Å². The van der Waals surface area contributed by atoms with Gasteiger partial charge >= 0.3 is 0 Å². The fraction of sp³-hybridized carbons (Fsp3) is 0.238. The topological polar surface area (TPSA) is 41.9 Å². The number of aliphatic imine (C=N–C) groups is 1. The Hall–Kier alpha value is -2.24. The maximum atomic E-state index is 12.7. The first kappa shape index (κ1) is 19.5. The third-order valence-corrected chi connectivity index (χ3v) is 5.46. The van der Waals surface area contributed by atoms with Crippen molar-refractivity contribution in [2.75, 3.05) is 13.1 Å². The first-order valence-corrected chi connectivity index (χ1v) is 10.0. The SMILES string of the molecule is CCN=C1S/C(=C\c2ccccc2OCc2ccccc2Cl)C(=O)N1CC. The molecule has 0 unspecified atom stereocenters. The highest BCUT2D eigenvalue weighted by Gasteiger charge is 2.32. The van der Waals surface area contributed by atoms with E-state index in [1.165, 1.54) is 11.8 Å². The zero-order valence-corrected chi connectivity index (χ0v) is 16.9. The van der Waals surface area contributed by atoms with E-state index in [-0.39, 0.29) is 5.91 Å². The van der Waals surface area contributed by atoms with Gasteiger partial charge in [0.05, 0.1) is 4.91 Å². The number of carbonyl (C=O) groups excluding carboxylic acids is 1. The monoisotopic (exact) mass is 400 g/mol. The molecule has 0 bridgehead atoms. The molecule has 27 heavy (non-hydrogen) atoms. The second-order valence-corrected chi connectivity index (χ2v) is 7.25. The van der Waals surface area contributed by atoms with E-state index in [0.717, 1.165) is 16.3 Å². The van der Waals surface area contributed by atoms with Gasteiger partial charge in [0.2, 0.25) is 0 Å². The molecule has 0 spiro atoms. The molecule has 3 rings (SSSR count). The first-order valence-electron chi connectivity index (χ1n) is 8.85. The van der Waals surface area contributed by atoms with Crippen molar-refractivity contribution in [1.82, 2.24) is 4.90 Å². The molecule has 0 aliphatic carbocycles. The van der Waals surface area contributed by atoms with Crippen LogP contribution in [0.25, 0.3) is 6.08 Å². The minimum absolute atomic E-state index is 0.0180. The average molecular weight is 401 g/mol. The van der Waals surface area contributed by atoms with Crippen molar-refractivity contribution in [3.8, 4) is 5.75 Å². The van der Waals surface area contributed by atoms with E-state index < -0.39 is 0 Å². The standard InChI is InChI=1S/C21H21ClN2O2S/c1-3-23-21-24(4-2)20(25)19(27-21)13-15-9-6-8-12-18(15)26-14-16-10-5-7-11-17(16)22/h5-13H,3-4,14H2,1-2H3/b19-13-,23-21?. The molecule has 1 fully saturated rings. The van der Waals surface area contributed by atoms with Crippen LogP contribution in [-0.2, 0) is 11.4 Å². The number of carbonyl (C=O) groups is 1. The average Bonchev–Trinajstić information content (AvgIpc) is 2.97. The summed E-state index contributed by atoms with van der Waals surface area (Å²) in [6.07, 6.45) is 1.87. The summed E-state index contributed by atoms with van der Waals surface area (Å²) in [5.74, 6) is 0.692. The Labute approximate surface area is 168 Å². The second kappa shape index (κ2) is 9.11. The molecule has 2 aromatic rings. The van der Waals surface area contributed by atoms with Gasteiger partial charge in [-0.3, -0.25) is 14.7 Å².